The summed E-state index contributed by atoms with van der Waals surface area (Å²) in [6.45, 7) is 3.47. The monoisotopic (exact) mass is 368 g/mol. The van der Waals surface area contributed by atoms with Crippen LogP contribution in [0.15, 0.2) is 18.2 Å². The molecular weight excluding hydrogens is 344 g/mol. The topological polar surface area (TPSA) is 78.9 Å². The number of piperidine rings is 2. The molecule has 0 aliphatic carbocycles. The van der Waals surface area contributed by atoms with Gasteiger partial charge in [-0.2, -0.15) is 0 Å². The Kier molecular flexibility index (Phi) is 6.30. The summed E-state index contributed by atoms with van der Waals surface area (Å²) in [7, 11) is 1.28. The number of benzene rings is 1. The summed E-state index contributed by atoms with van der Waals surface area (Å²) < 4.78 is 4.68. The van der Waals surface area contributed by atoms with E-state index in [0.29, 0.717) is 5.56 Å². The number of phenolic OH excluding ortho intramolecular Hbond substituents is 1. The number of ether oxygens (including phenoxy) is 1. The molecule has 2 aliphatic rings. The summed E-state index contributed by atoms with van der Waals surface area (Å²) >= 11 is 0. The molecule has 2 aliphatic heterocycles. The number of rotatable bonds is 2. The molecule has 138 valence electrons. The number of halogens is 1. The molecule has 0 saturated carbocycles. The number of carbonyl (C=O) groups is 2. The Morgan fingerprint density at radius 2 is 1.84 bits per heavy atom. The van der Waals surface area contributed by atoms with Crippen LogP contribution < -0.4 is 5.32 Å². The molecular formula is C18H25ClN2O4. The van der Waals surface area contributed by atoms with E-state index in [1.54, 1.807) is 0 Å². The van der Waals surface area contributed by atoms with E-state index in [2.05, 4.69) is 10.1 Å². The van der Waals surface area contributed by atoms with Crippen LogP contribution in [0.4, 0.5) is 0 Å². The maximum Gasteiger partial charge on any atom is 0.338 e. The van der Waals surface area contributed by atoms with Gasteiger partial charge in [0, 0.05) is 18.7 Å². The molecule has 1 amide bonds. The van der Waals surface area contributed by atoms with Crippen molar-refractivity contribution in [3.63, 3.8) is 0 Å². The van der Waals surface area contributed by atoms with E-state index in [1.807, 2.05) is 4.90 Å². The lowest BCUT2D eigenvalue weighted by atomic mass is 9.73. The van der Waals surface area contributed by atoms with Crippen molar-refractivity contribution >= 4 is 24.3 Å². The first-order chi connectivity index (χ1) is 11.5. The van der Waals surface area contributed by atoms with Crippen LogP contribution >= 0.6 is 12.4 Å². The van der Waals surface area contributed by atoms with Gasteiger partial charge in [-0.1, -0.05) is 0 Å². The minimum atomic E-state index is -0.562. The van der Waals surface area contributed by atoms with Gasteiger partial charge in [-0.05, 0) is 62.4 Å². The van der Waals surface area contributed by atoms with Crippen LogP contribution in [-0.4, -0.2) is 55.2 Å². The van der Waals surface area contributed by atoms with E-state index in [-0.39, 0.29) is 35.0 Å². The average Bonchev–Trinajstić information content (AvgIpc) is 2.60. The zero-order valence-corrected chi connectivity index (χ0v) is 15.2. The van der Waals surface area contributed by atoms with Crippen LogP contribution in [-0.2, 0) is 4.74 Å². The fraction of sp³-hybridized carbons (Fsp3) is 0.556. The predicted octanol–water partition coefficient (Wildman–Crippen LogP) is 2.21. The average molecular weight is 369 g/mol. The number of likely N-dealkylation sites (tertiary alicyclic amines) is 1. The van der Waals surface area contributed by atoms with Crippen LogP contribution in [0.3, 0.4) is 0 Å². The maximum atomic E-state index is 12.9. The number of nitrogens with zero attached hydrogens (tertiary/aromatic N) is 1. The summed E-state index contributed by atoms with van der Waals surface area (Å²) in [5.74, 6) is -0.795. The number of esters is 1. The maximum absolute atomic E-state index is 12.9. The number of hydrogen-bond donors (Lipinski definition) is 2. The van der Waals surface area contributed by atoms with Crippen molar-refractivity contribution < 1.29 is 19.4 Å². The van der Waals surface area contributed by atoms with Gasteiger partial charge in [0.2, 0.25) is 0 Å². The molecule has 0 radical (unpaired) electrons. The summed E-state index contributed by atoms with van der Waals surface area (Å²) in [4.78, 5) is 26.4. The van der Waals surface area contributed by atoms with Gasteiger partial charge >= 0.3 is 5.97 Å². The number of nitrogens with one attached hydrogen (secondary N) is 1. The molecule has 2 heterocycles. The summed E-state index contributed by atoms with van der Waals surface area (Å²) in [6, 6.07) is 4.23. The molecule has 2 N–H and O–H groups in total. The van der Waals surface area contributed by atoms with Crippen LogP contribution in [0.5, 0.6) is 5.75 Å². The van der Waals surface area contributed by atoms with Crippen LogP contribution in [0, 0.1) is 5.41 Å². The standard InChI is InChI=1S/C18H24N2O4.ClH/c1-24-17(23)14-9-13(10-15(21)11-14)16(22)20-8-2-3-18(12-20)4-6-19-7-5-18;/h9-11,19,21H,2-8,12H2,1H3;1H. The molecule has 0 atom stereocenters. The third-order valence-electron chi connectivity index (χ3n) is 5.20. The van der Waals surface area contributed by atoms with Crippen LogP contribution in [0.25, 0.3) is 0 Å². The molecule has 0 bridgehead atoms. The van der Waals surface area contributed by atoms with Gasteiger partial charge in [0.15, 0.2) is 0 Å². The Balaban J connectivity index is 0.00000225. The van der Waals surface area contributed by atoms with E-state index in [9.17, 15) is 14.7 Å². The van der Waals surface area contributed by atoms with E-state index in [4.69, 9.17) is 0 Å². The smallest absolute Gasteiger partial charge is 0.338 e. The third kappa shape index (κ3) is 4.25. The van der Waals surface area contributed by atoms with E-state index in [1.165, 1.54) is 25.3 Å². The minimum Gasteiger partial charge on any atom is -0.508 e. The van der Waals surface area contributed by atoms with Gasteiger partial charge in [0.05, 0.1) is 12.7 Å². The quantitative estimate of drug-likeness (QED) is 0.782. The summed E-state index contributed by atoms with van der Waals surface area (Å²) in [5.41, 5.74) is 0.733. The number of carbonyl (C=O) groups excluding carboxylic acids is 2. The van der Waals surface area contributed by atoms with E-state index < -0.39 is 5.97 Å². The van der Waals surface area contributed by atoms with Crippen molar-refractivity contribution in [2.75, 3.05) is 33.3 Å². The zero-order chi connectivity index (χ0) is 17.2. The lowest BCUT2D eigenvalue weighted by Crippen LogP contribution is -2.50. The van der Waals surface area contributed by atoms with Gasteiger partial charge in [0.1, 0.15) is 5.75 Å². The molecule has 1 spiro atoms. The zero-order valence-electron chi connectivity index (χ0n) is 14.4. The van der Waals surface area contributed by atoms with Gasteiger partial charge in [-0.25, -0.2) is 4.79 Å². The van der Waals surface area contributed by atoms with E-state index >= 15 is 0 Å². The number of aromatic hydroxyl groups is 1. The number of hydrogen-bond acceptors (Lipinski definition) is 5. The SMILES string of the molecule is COC(=O)c1cc(O)cc(C(=O)N2CCCC3(CCNCC3)C2)c1.Cl. The number of phenols is 1. The lowest BCUT2D eigenvalue weighted by molar-refractivity contribution is 0.0411. The van der Waals surface area contributed by atoms with Gasteiger partial charge in [-0.3, -0.25) is 4.79 Å². The first-order valence-electron chi connectivity index (χ1n) is 8.45. The Hall–Kier alpha value is -1.79. The molecule has 0 unspecified atom stereocenters. The Morgan fingerprint density at radius 1 is 1.16 bits per heavy atom. The largest absolute Gasteiger partial charge is 0.508 e. The first-order valence-corrected chi connectivity index (χ1v) is 8.45. The first kappa shape index (κ1) is 19.5. The highest BCUT2D eigenvalue weighted by Gasteiger charge is 2.38. The van der Waals surface area contributed by atoms with Crippen molar-refractivity contribution in [3.8, 4) is 5.75 Å². The second-order valence-corrected chi connectivity index (χ2v) is 6.84. The molecule has 3 rings (SSSR count). The van der Waals surface area contributed by atoms with Crippen molar-refractivity contribution in [3.05, 3.63) is 29.3 Å². The van der Waals surface area contributed by atoms with Crippen LogP contribution in [0.1, 0.15) is 46.4 Å². The number of methoxy groups -OCH3 is 1. The fourth-order valence-corrected chi connectivity index (χ4v) is 3.90. The van der Waals surface area contributed by atoms with Crippen molar-refractivity contribution in [2.24, 2.45) is 5.41 Å². The minimum absolute atomic E-state index is 0. The highest BCUT2D eigenvalue weighted by Crippen LogP contribution is 2.38. The van der Waals surface area contributed by atoms with Gasteiger partial charge in [-0.15, -0.1) is 12.4 Å². The van der Waals surface area contributed by atoms with Crippen LogP contribution in [0.2, 0.25) is 0 Å². The molecule has 0 aromatic heterocycles. The lowest BCUT2D eigenvalue weighted by Gasteiger charge is -2.45. The molecule has 6 nitrogen and oxygen atoms in total. The number of amides is 1. The second-order valence-electron chi connectivity index (χ2n) is 6.84. The van der Waals surface area contributed by atoms with Gasteiger partial charge < -0.3 is 20.1 Å². The molecule has 2 saturated heterocycles. The predicted molar refractivity (Wildman–Crippen MR) is 96.4 cm³/mol. The molecule has 1 aromatic carbocycles. The highest BCUT2D eigenvalue weighted by molar-refractivity contribution is 5.98. The fourth-order valence-electron chi connectivity index (χ4n) is 3.90. The van der Waals surface area contributed by atoms with Crippen molar-refractivity contribution in [2.45, 2.75) is 25.7 Å². The molecule has 2 fully saturated rings. The van der Waals surface area contributed by atoms with E-state index in [0.717, 1.165) is 51.9 Å². The Labute approximate surface area is 153 Å². The highest BCUT2D eigenvalue weighted by atomic mass is 35.5. The Morgan fingerprint density at radius 3 is 2.52 bits per heavy atom. The normalized spacial score (nSPS) is 19.2. The summed E-state index contributed by atoms with van der Waals surface area (Å²) in [6.07, 6.45) is 4.33. The van der Waals surface area contributed by atoms with Crippen molar-refractivity contribution in [1.29, 1.82) is 0 Å². The Bertz CT molecular complexity index is 638. The molecule has 25 heavy (non-hydrogen) atoms. The molecule has 7 heteroatoms. The third-order valence-corrected chi connectivity index (χ3v) is 5.20. The summed E-state index contributed by atoms with van der Waals surface area (Å²) in [5, 5.41) is 13.2. The molecule has 1 aromatic rings. The van der Waals surface area contributed by atoms with Gasteiger partial charge in [0.25, 0.3) is 5.91 Å². The van der Waals surface area contributed by atoms with Crippen molar-refractivity contribution in [1.82, 2.24) is 10.2 Å². The second kappa shape index (κ2) is 8.06.